The van der Waals surface area contributed by atoms with E-state index < -0.39 is 0 Å². The number of rotatable bonds is 5. The molecule has 0 saturated heterocycles. The zero-order valence-corrected chi connectivity index (χ0v) is 11.2. The molecule has 0 aliphatic rings. The minimum Gasteiger partial charge on any atom is -0.458 e. The van der Waals surface area contributed by atoms with Gasteiger partial charge in [0.1, 0.15) is 11.3 Å². The number of allylic oxidation sites excluding steroid dienone is 1. The molecule has 0 saturated carbocycles. The monoisotopic (exact) mass is 293 g/mol. The Hall–Kier alpha value is -1.06. The van der Waals surface area contributed by atoms with Gasteiger partial charge in [-0.3, -0.25) is 0 Å². The fourth-order valence-electron chi connectivity index (χ4n) is 1.85. The van der Waals surface area contributed by atoms with Crippen LogP contribution in [0.5, 0.6) is 0 Å². The van der Waals surface area contributed by atoms with Gasteiger partial charge in [0, 0.05) is 5.39 Å². The maximum atomic E-state index is 6.11. The summed E-state index contributed by atoms with van der Waals surface area (Å²) in [4.78, 5) is 0. The van der Waals surface area contributed by atoms with Gasteiger partial charge in [0.05, 0.1) is 10.5 Å². The molecule has 17 heavy (non-hydrogen) atoms. The lowest BCUT2D eigenvalue weighted by atomic mass is 10.1. The third-order valence-corrected chi connectivity index (χ3v) is 3.43. The minimum atomic E-state index is -0.0331. The Balaban J connectivity index is 2.18. The molecule has 2 nitrogen and oxygen atoms in total. The fourth-order valence-corrected chi connectivity index (χ4v) is 2.32. The molecule has 2 N–H and O–H groups in total. The van der Waals surface area contributed by atoms with E-state index in [-0.39, 0.29) is 6.04 Å². The third-order valence-electron chi connectivity index (χ3n) is 2.80. The Morgan fingerprint density at radius 2 is 2.29 bits per heavy atom. The lowest BCUT2D eigenvalue weighted by Gasteiger charge is -2.06. The number of benzene rings is 1. The van der Waals surface area contributed by atoms with E-state index in [2.05, 4.69) is 22.5 Å². The largest absolute Gasteiger partial charge is 0.458 e. The Morgan fingerprint density at radius 1 is 1.47 bits per heavy atom. The average Bonchev–Trinajstić information content (AvgIpc) is 2.75. The van der Waals surface area contributed by atoms with Crippen LogP contribution in [0.25, 0.3) is 11.0 Å². The lowest BCUT2D eigenvalue weighted by Crippen LogP contribution is -2.08. The van der Waals surface area contributed by atoms with Crippen LogP contribution in [-0.2, 0) is 0 Å². The van der Waals surface area contributed by atoms with E-state index in [0.717, 1.165) is 40.5 Å². The van der Waals surface area contributed by atoms with E-state index >= 15 is 0 Å². The second kappa shape index (κ2) is 5.52. The molecular formula is C14H16BrNO. The molecule has 1 unspecified atom stereocenters. The molecule has 0 fully saturated rings. The van der Waals surface area contributed by atoms with Crippen LogP contribution in [0.15, 0.2) is 45.8 Å². The SMILES string of the molecule is C=CCCCC(N)c1cc2cccc(Br)c2o1. The summed E-state index contributed by atoms with van der Waals surface area (Å²) in [5, 5.41) is 1.09. The fraction of sp³-hybridized carbons (Fsp3) is 0.286. The van der Waals surface area contributed by atoms with Crippen LogP contribution in [-0.4, -0.2) is 0 Å². The highest BCUT2D eigenvalue weighted by Crippen LogP contribution is 2.30. The van der Waals surface area contributed by atoms with Gasteiger partial charge < -0.3 is 10.2 Å². The molecule has 0 spiro atoms. The van der Waals surface area contributed by atoms with Crippen molar-refractivity contribution in [3.8, 4) is 0 Å². The number of fused-ring (bicyclic) bond motifs is 1. The van der Waals surface area contributed by atoms with Gasteiger partial charge in [-0.2, -0.15) is 0 Å². The number of para-hydroxylation sites is 1. The molecule has 3 heteroatoms. The first-order valence-corrected chi connectivity index (χ1v) is 6.56. The molecular weight excluding hydrogens is 278 g/mol. The topological polar surface area (TPSA) is 39.2 Å². The Morgan fingerprint density at radius 3 is 3.00 bits per heavy atom. The highest BCUT2D eigenvalue weighted by Gasteiger charge is 2.12. The van der Waals surface area contributed by atoms with Gasteiger partial charge in [-0.1, -0.05) is 18.2 Å². The first-order chi connectivity index (χ1) is 8.22. The standard InChI is InChI=1S/C14H16BrNO/c1-2-3-4-8-12(16)13-9-10-6-5-7-11(15)14(10)17-13/h2,5-7,9,12H,1,3-4,8,16H2. The van der Waals surface area contributed by atoms with E-state index in [1.54, 1.807) is 0 Å². The van der Waals surface area contributed by atoms with E-state index in [4.69, 9.17) is 10.2 Å². The van der Waals surface area contributed by atoms with Crippen molar-refractivity contribution in [3.63, 3.8) is 0 Å². The molecule has 2 rings (SSSR count). The molecule has 0 bridgehead atoms. The normalized spacial score (nSPS) is 12.8. The van der Waals surface area contributed by atoms with Crippen molar-refractivity contribution in [1.82, 2.24) is 0 Å². The summed E-state index contributed by atoms with van der Waals surface area (Å²) in [6.07, 6.45) is 4.88. The zero-order chi connectivity index (χ0) is 12.3. The summed E-state index contributed by atoms with van der Waals surface area (Å²) < 4.78 is 6.77. The number of halogens is 1. The molecule has 0 radical (unpaired) electrons. The number of furan rings is 1. The summed E-state index contributed by atoms with van der Waals surface area (Å²) >= 11 is 3.48. The number of unbranched alkanes of at least 4 members (excludes halogenated alkanes) is 1. The van der Waals surface area contributed by atoms with Gasteiger partial charge in [0.15, 0.2) is 0 Å². The first-order valence-electron chi connectivity index (χ1n) is 5.77. The summed E-state index contributed by atoms with van der Waals surface area (Å²) in [6, 6.07) is 7.99. The smallest absolute Gasteiger partial charge is 0.148 e. The van der Waals surface area contributed by atoms with Crippen LogP contribution >= 0.6 is 15.9 Å². The predicted molar refractivity (Wildman–Crippen MR) is 74.9 cm³/mol. The molecule has 1 atom stereocenters. The maximum Gasteiger partial charge on any atom is 0.148 e. The van der Waals surface area contributed by atoms with Crippen LogP contribution in [0.3, 0.4) is 0 Å². The molecule has 1 aromatic carbocycles. The predicted octanol–water partition coefficient (Wildman–Crippen LogP) is 4.55. The van der Waals surface area contributed by atoms with Crippen molar-refractivity contribution >= 4 is 26.9 Å². The van der Waals surface area contributed by atoms with Crippen molar-refractivity contribution in [1.29, 1.82) is 0 Å². The van der Waals surface area contributed by atoms with Crippen LogP contribution in [0.1, 0.15) is 31.1 Å². The number of nitrogens with two attached hydrogens (primary N) is 1. The summed E-state index contributed by atoms with van der Waals surface area (Å²) in [7, 11) is 0. The second-order valence-corrected chi connectivity index (χ2v) is 4.99. The van der Waals surface area contributed by atoms with Gasteiger partial charge in [-0.25, -0.2) is 0 Å². The van der Waals surface area contributed by atoms with Crippen molar-refractivity contribution in [3.05, 3.63) is 47.2 Å². The van der Waals surface area contributed by atoms with Gasteiger partial charge >= 0.3 is 0 Å². The highest BCUT2D eigenvalue weighted by molar-refractivity contribution is 9.10. The molecule has 0 aliphatic carbocycles. The summed E-state index contributed by atoms with van der Waals surface area (Å²) in [6.45, 7) is 3.71. The molecule has 0 aliphatic heterocycles. The molecule has 0 amide bonds. The van der Waals surface area contributed by atoms with Crippen LogP contribution in [0.2, 0.25) is 0 Å². The van der Waals surface area contributed by atoms with Gasteiger partial charge in [0.2, 0.25) is 0 Å². The Labute approximate surface area is 110 Å². The maximum absolute atomic E-state index is 6.11. The number of hydrogen-bond acceptors (Lipinski definition) is 2. The third kappa shape index (κ3) is 2.79. The first kappa shape index (κ1) is 12.4. The zero-order valence-electron chi connectivity index (χ0n) is 9.66. The molecule has 1 heterocycles. The van der Waals surface area contributed by atoms with Crippen molar-refractivity contribution < 1.29 is 4.42 Å². The second-order valence-electron chi connectivity index (χ2n) is 4.13. The lowest BCUT2D eigenvalue weighted by molar-refractivity contribution is 0.470. The van der Waals surface area contributed by atoms with Crippen molar-refractivity contribution in [2.45, 2.75) is 25.3 Å². The van der Waals surface area contributed by atoms with E-state index in [1.807, 2.05) is 30.3 Å². The minimum absolute atomic E-state index is 0.0331. The van der Waals surface area contributed by atoms with E-state index in [1.165, 1.54) is 0 Å². The average molecular weight is 294 g/mol. The molecule has 90 valence electrons. The van der Waals surface area contributed by atoms with Crippen LogP contribution < -0.4 is 5.73 Å². The van der Waals surface area contributed by atoms with Gasteiger partial charge in [-0.15, -0.1) is 6.58 Å². The van der Waals surface area contributed by atoms with E-state index in [0.29, 0.717) is 0 Å². The van der Waals surface area contributed by atoms with Gasteiger partial charge in [0.25, 0.3) is 0 Å². The Bertz CT molecular complexity index is 518. The summed E-state index contributed by atoms with van der Waals surface area (Å²) in [5.74, 6) is 0.857. The van der Waals surface area contributed by atoms with Crippen molar-refractivity contribution in [2.75, 3.05) is 0 Å². The van der Waals surface area contributed by atoms with Crippen LogP contribution in [0, 0.1) is 0 Å². The highest BCUT2D eigenvalue weighted by atomic mass is 79.9. The molecule has 2 aromatic rings. The van der Waals surface area contributed by atoms with Crippen LogP contribution in [0.4, 0.5) is 0 Å². The van der Waals surface area contributed by atoms with Gasteiger partial charge in [-0.05, 0) is 47.3 Å². The molecule has 1 aromatic heterocycles. The van der Waals surface area contributed by atoms with E-state index in [9.17, 15) is 0 Å². The Kier molecular flexibility index (Phi) is 4.02. The number of hydrogen-bond donors (Lipinski definition) is 1. The quantitative estimate of drug-likeness (QED) is 0.649. The van der Waals surface area contributed by atoms with Crippen molar-refractivity contribution in [2.24, 2.45) is 5.73 Å². The summed E-state index contributed by atoms with van der Waals surface area (Å²) in [5.41, 5.74) is 6.98.